The van der Waals surface area contributed by atoms with E-state index in [9.17, 15) is 19.1 Å². The molecule has 4 unspecified atom stereocenters. The summed E-state index contributed by atoms with van der Waals surface area (Å²) in [5, 5.41) is 9.52. The number of hydrogen-bond acceptors (Lipinski definition) is 2. The number of carboxylic acids is 1. The van der Waals surface area contributed by atoms with Crippen molar-refractivity contribution in [2.24, 2.45) is 11.8 Å². The van der Waals surface area contributed by atoms with Crippen molar-refractivity contribution in [3.05, 3.63) is 35.6 Å². The van der Waals surface area contributed by atoms with E-state index in [0.29, 0.717) is 12.5 Å². The van der Waals surface area contributed by atoms with Gasteiger partial charge in [0, 0.05) is 13.0 Å². The van der Waals surface area contributed by atoms with Crippen molar-refractivity contribution in [1.82, 2.24) is 4.90 Å². The number of rotatable bonds is 4. The number of likely N-dealkylation sites (tertiary alicyclic amines) is 1. The summed E-state index contributed by atoms with van der Waals surface area (Å²) in [5.41, 5.74) is 0.768. The van der Waals surface area contributed by atoms with Gasteiger partial charge in [0.15, 0.2) is 0 Å². The maximum atomic E-state index is 13.3. The third-order valence-electron chi connectivity index (χ3n) is 5.36. The summed E-state index contributed by atoms with van der Waals surface area (Å²) in [6, 6.07) is 5.56. The molecular formula is C18H22FNO3. The molecule has 1 saturated heterocycles. The minimum absolute atomic E-state index is 0.0981. The van der Waals surface area contributed by atoms with Gasteiger partial charge in [-0.2, -0.15) is 0 Å². The molecule has 3 rings (SSSR count). The van der Waals surface area contributed by atoms with Gasteiger partial charge in [-0.3, -0.25) is 4.79 Å². The molecule has 4 nitrogen and oxygen atoms in total. The van der Waals surface area contributed by atoms with Crippen LogP contribution in [0.15, 0.2) is 24.3 Å². The number of carbonyl (C=O) groups excluding carboxylic acids is 1. The number of nitrogens with zero attached hydrogens (tertiary/aromatic N) is 1. The largest absolute Gasteiger partial charge is 0.480 e. The van der Waals surface area contributed by atoms with Gasteiger partial charge in [-0.05, 0) is 48.3 Å². The minimum Gasteiger partial charge on any atom is -0.480 e. The lowest BCUT2D eigenvalue weighted by Crippen LogP contribution is -2.43. The zero-order valence-electron chi connectivity index (χ0n) is 13.2. The molecule has 5 heteroatoms. The predicted octanol–water partition coefficient (Wildman–Crippen LogP) is 3.03. The number of carbonyl (C=O) groups is 2. The Morgan fingerprint density at radius 2 is 2.17 bits per heavy atom. The van der Waals surface area contributed by atoms with Crippen LogP contribution in [0.25, 0.3) is 0 Å². The molecule has 1 aromatic carbocycles. The molecule has 1 aromatic rings. The first-order chi connectivity index (χ1) is 11.0. The van der Waals surface area contributed by atoms with Crippen LogP contribution in [0.3, 0.4) is 0 Å². The summed E-state index contributed by atoms with van der Waals surface area (Å²) in [6.07, 6.45) is 3.18. The molecule has 2 aliphatic rings. The van der Waals surface area contributed by atoms with Crippen LogP contribution >= 0.6 is 0 Å². The van der Waals surface area contributed by atoms with Gasteiger partial charge in [0.1, 0.15) is 11.9 Å². The molecule has 1 N–H and O–H groups in total. The first-order valence-corrected chi connectivity index (χ1v) is 8.25. The second-order valence-corrected chi connectivity index (χ2v) is 6.84. The number of benzene rings is 1. The lowest BCUT2D eigenvalue weighted by Gasteiger charge is -2.25. The quantitative estimate of drug-likeness (QED) is 0.928. The predicted molar refractivity (Wildman–Crippen MR) is 83.4 cm³/mol. The lowest BCUT2D eigenvalue weighted by molar-refractivity contribution is -0.149. The van der Waals surface area contributed by atoms with Crippen LogP contribution in [-0.2, 0) is 9.59 Å². The van der Waals surface area contributed by atoms with E-state index in [1.165, 1.54) is 12.1 Å². The summed E-state index contributed by atoms with van der Waals surface area (Å²) in [7, 11) is 0. The second kappa shape index (κ2) is 6.30. The lowest BCUT2D eigenvalue weighted by atomic mass is 9.94. The Morgan fingerprint density at radius 1 is 1.39 bits per heavy atom. The zero-order valence-corrected chi connectivity index (χ0v) is 13.2. The van der Waals surface area contributed by atoms with Gasteiger partial charge in [-0.25, -0.2) is 9.18 Å². The molecule has 1 saturated carbocycles. The van der Waals surface area contributed by atoms with Crippen molar-refractivity contribution >= 4 is 11.9 Å². The Balaban J connectivity index is 1.71. The molecule has 23 heavy (non-hydrogen) atoms. The van der Waals surface area contributed by atoms with Crippen LogP contribution in [0.4, 0.5) is 4.39 Å². The molecule has 0 aromatic heterocycles. The highest BCUT2D eigenvalue weighted by atomic mass is 19.1. The standard InChI is InChI=1S/C18H22FNO3/c1-11(12-4-2-6-14(19)9-12)8-16(21)20-10-13-5-3-7-15(13)17(20)18(22)23/h2,4,6,9,11,13,15,17H,3,5,7-8,10H2,1H3,(H,22,23). The number of hydrogen-bond donors (Lipinski definition) is 1. The van der Waals surface area contributed by atoms with E-state index < -0.39 is 12.0 Å². The smallest absolute Gasteiger partial charge is 0.326 e. The van der Waals surface area contributed by atoms with Crippen molar-refractivity contribution in [2.75, 3.05) is 6.54 Å². The highest BCUT2D eigenvalue weighted by Crippen LogP contribution is 2.42. The fourth-order valence-electron chi connectivity index (χ4n) is 4.19. The van der Waals surface area contributed by atoms with E-state index in [4.69, 9.17) is 0 Å². The van der Waals surface area contributed by atoms with Gasteiger partial charge in [0.05, 0.1) is 0 Å². The van der Waals surface area contributed by atoms with Crippen LogP contribution in [0.2, 0.25) is 0 Å². The number of aliphatic carboxylic acids is 1. The summed E-state index contributed by atoms with van der Waals surface area (Å²) < 4.78 is 13.3. The average molecular weight is 319 g/mol. The van der Waals surface area contributed by atoms with Gasteiger partial charge < -0.3 is 10.0 Å². The van der Waals surface area contributed by atoms with E-state index in [1.54, 1.807) is 17.0 Å². The Bertz CT molecular complexity index is 618. The number of amides is 1. The molecule has 0 bridgehead atoms. The molecule has 1 aliphatic heterocycles. The SMILES string of the molecule is CC(CC(=O)N1CC2CCCC2C1C(=O)O)c1cccc(F)c1. The van der Waals surface area contributed by atoms with Crippen LogP contribution in [0.5, 0.6) is 0 Å². The molecule has 1 amide bonds. The van der Waals surface area contributed by atoms with Gasteiger partial charge in [-0.1, -0.05) is 25.5 Å². The average Bonchev–Trinajstić information content (AvgIpc) is 3.06. The normalized spacial score (nSPS) is 27.7. The third kappa shape index (κ3) is 3.09. The molecular weight excluding hydrogens is 297 g/mol. The maximum Gasteiger partial charge on any atom is 0.326 e. The van der Waals surface area contributed by atoms with Gasteiger partial charge in [0.25, 0.3) is 0 Å². The zero-order chi connectivity index (χ0) is 16.6. The van der Waals surface area contributed by atoms with Crippen LogP contribution in [0.1, 0.15) is 44.1 Å². The van der Waals surface area contributed by atoms with Crippen molar-refractivity contribution in [2.45, 2.75) is 44.6 Å². The fraction of sp³-hybridized carbons (Fsp3) is 0.556. The van der Waals surface area contributed by atoms with Gasteiger partial charge in [0.2, 0.25) is 5.91 Å². The fourth-order valence-corrected chi connectivity index (χ4v) is 4.19. The van der Waals surface area contributed by atoms with Gasteiger partial charge >= 0.3 is 5.97 Å². The monoisotopic (exact) mass is 319 g/mol. The van der Waals surface area contributed by atoms with Crippen LogP contribution in [0, 0.1) is 17.7 Å². The number of carboxylic acid groups (broad SMARTS) is 1. The highest BCUT2D eigenvalue weighted by Gasteiger charge is 2.49. The van der Waals surface area contributed by atoms with Crippen LogP contribution < -0.4 is 0 Å². The van der Waals surface area contributed by atoms with Crippen molar-refractivity contribution in [3.63, 3.8) is 0 Å². The van der Waals surface area contributed by atoms with Crippen molar-refractivity contribution < 1.29 is 19.1 Å². The molecule has 1 aliphatic carbocycles. The highest BCUT2D eigenvalue weighted by molar-refractivity contribution is 5.85. The summed E-state index contributed by atoms with van der Waals surface area (Å²) in [4.78, 5) is 25.8. The Morgan fingerprint density at radius 3 is 2.87 bits per heavy atom. The summed E-state index contributed by atoms with van der Waals surface area (Å²) in [5.74, 6) is -1.06. The molecule has 4 atom stereocenters. The maximum absolute atomic E-state index is 13.3. The van der Waals surface area contributed by atoms with Crippen LogP contribution in [-0.4, -0.2) is 34.5 Å². The van der Waals surface area contributed by atoms with Crippen molar-refractivity contribution in [1.29, 1.82) is 0 Å². The van der Waals surface area contributed by atoms with E-state index in [-0.39, 0.29) is 30.0 Å². The molecule has 0 spiro atoms. The van der Waals surface area contributed by atoms with Gasteiger partial charge in [-0.15, -0.1) is 0 Å². The third-order valence-corrected chi connectivity index (χ3v) is 5.36. The molecule has 2 fully saturated rings. The second-order valence-electron chi connectivity index (χ2n) is 6.84. The topological polar surface area (TPSA) is 57.6 Å². The minimum atomic E-state index is -0.897. The molecule has 124 valence electrons. The van der Waals surface area contributed by atoms with E-state index in [0.717, 1.165) is 24.8 Å². The Kier molecular flexibility index (Phi) is 4.37. The van der Waals surface area contributed by atoms with E-state index >= 15 is 0 Å². The van der Waals surface area contributed by atoms with Crippen molar-refractivity contribution in [3.8, 4) is 0 Å². The summed E-state index contributed by atoms with van der Waals surface area (Å²) >= 11 is 0. The Labute approximate surface area is 135 Å². The number of halogens is 1. The molecule has 0 radical (unpaired) electrons. The Hall–Kier alpha value is -1.91. The molecule has 1 heterocycles. The first-order valence-electron chi connectivity index (χ1n) is 8.25. The number of fused-ring (bicyclic) bond motifs is 1. The summed E-state index contributed by atoms with van der Waals surface area (Å²) in [6.45, 7) is 2.43. The first kappa shape index (κ1) is 16.0. The van der Waals surface area contributed by atoms with E-state index in [1.807, 2.05) is 6.92 Å². The van der Waals surface area contributed by atoms with E-state index in [2.05, 4.69) is 0 Å².